The van der Waals surface area contributed by atoms with Crippen molar-refractivity contribution in [3.05, 3.63) is 124 Å². The van der Waals surface area contributed by atoms with Crippen LogP contribution in [0.2, 0.25) is 5.02 Å². The van der Waals surface area contributed by atoms with E-state index in [9.17, 15) is 9.90 Å². The number of hydrogen-bond acceptors (Lipinski definition) is 4. The van der Waals surface area contributed by atoms with Gasteiger partial charge in [0.15, 0.2) is 0 Å². The van der Waals surface area contributed by atoms with Crippen molar-refractivity contribution in [2.45, 2.75) is 31.3 Å². The first-order chi connectivity index (χ1) is 18.6. The molecule has 0 unspecified atom stereocenters. The van der Waals surface area contributed by atoms with Crippen LogP contribution >= 0.6 is 11.6 Å². The second-order valence-electron chi connectivity index (χ2n) is 9.86. The minimum atomic E-state index is -0.222. The summed E-state index contributed by atoms with van der Waals surface area (Å²) in [5.74, 6) is -0.222. The Morgan fingerprint density at radius 3 is 2.08 bits per heavy atom. The van der Waals surface area contributed by atoms with Crippen molar-refractivity contribution in [1.82, 2.24) is 19.8 Å². The quantitative estimate of drug-likeness (QED) is 0.324. The highest BCUT2D eigenvalue weighted by Gasteiger charge is 2.38. The van der Waals surface area contributed by atoms with Gasteiger partial charge in [0, 0.05) is 30.1 Å². The van der Waals surface area contributed by atoms with Crippen LogP contribution in [0.3, 0.4) is 0 Å². The van der Waals surface area contributed by atoms with Crippen LogP contribution < -0.4 is 5.32 Å². The number of likely N-dealkylation sites (tertiary alicyclic amines) is 1. The molecule has 1 aliphatic rings. The maximum Gasteiger partial charge on any atom is 0.269 e. The van der Waals surface area contributed by atoms with Gasteiger partial charge in [0.05, 0.1) is 18.6 Å². The van der Waals surface area contributed by atoms with E-state index >= 15 is 0 Å². The first kappa shape index (κ1) is 26.2. The Morgan fingerprint density at radius 2 is 1.50 bits per heavy atom. The number of aliphatic hydroxyl groups excluding tert-OH is 1. The molecule has 1 amide bonds. The molecule has 2 heterocycles. The minimum absolute atomic E-state index is 0.0334. The first-order valence-corrected chi connectivity index (χ1v) is 13.5. The van der Waals surface area contributed by atoms with E-state index in [1.165, 1.54) is 11.1 Å². The molecule has 1 aromatic heterocycles. The molecule has 0 atom stereocenters. The van der Waals surface area contributed by atoms with Crippen molar-refractivity contribution in [3.63, 3.8) is 0 Å². The molecule has 196 valence electrons. The number of aliphatic hydroxyl groups is 1. The van der Waals surface area contributed by atoms with Gasteiger partial charge in [0.25, 0.3) is 5.91 Å². The zero-order valence-corrected chi connectivity index (χ0v) is 22.1. The number of halogens is 1. The van der Waals surface area contributed by atoms with Gasteiger partial charge in [0.2, 0.25) is 0 Å². The highest BCUT2D eigenvalue weighted by atomic mass is 35.5. The van der Waals surface area contributed by atoms with Gasteiger partial charge in [-0.05, 0) is 54.8 Å². The van der Waals surface area contributed by atoms with Gasteiger partial charge >= 0.3 is 0 Å². The summed E-state index contributed by atoms with van der Waals surface area (Å²) < 4.78 is 1.88. The largest absolute Gasteiger partial charge is 0.395 e. The fourth-order valence-corrected chi connectivity index (χ4v) is 5.65. The molecule has 2 N–H and O–H groups in total. The van der Waals surface area contributed by atoms with Crippen LogP contribution in [0.25, 0.3) is 0 Å². The Balaban J connectivity index is 1.37. The van der Waals surface area contributed by atoms with Crippen LogP contribution in [-0.4, -0.2) is 51.7 Å². The normalized spacial score (nSPS) is 15.3. The molecule has 3 aromatic carbocycles. The lowest BCUT2D eigenvalue weighted by Crippen LogP contribution is -2.43. The summed E-state index contributed by atoms with van der Waals surface area (Å²) in [5.41, 5.74) is 4.99. The van der Waals surface area contributed by atoms with Crippen LogP contribution in [0.5, 0.6) is 0 Å². The van der Waals surface area contributed by atoms with Gasteiger partial charge in [-0.2, -0.15) is 0 Å². The molecule has 6 nitrogen and oxygen atoms in total. The Kier molecular flexibility index (Phi) is 8.23. The van der Waals surface area contributed by atoms with Crippen molar-refractivity contribution in [2.75, 3.05) is 26.2 Å². The Morgan fingerprint density at radius 1 is 0.895 bits per heavy atom. The number of imidazole rings is 1. The molecule has 5 rings (SSSR count). The predicted molar refractivity (Wildman–Crippen MR) is 150 cm³/mol. The highest BCUT2D eigenvalue weighted by Crippen LogP contribution is 2.41. The summed E-state index contributed by atoms with van der Waals surface area (Å²) in [6.07, 6.45) is 3.71. The van der Waals surface area contributed by atoms with Gasteiger partial charge in [-0.1, -0.05) is 84.4 Å². The standard InChI is InChI=1S/C31H33ClN4O2/c32-27-13-11-24(12-14-27)21-36-23-34-28(29(36)30(38)33-17-20-37)22-35-18-15-31(16-19-35,25-7-3-1-4-8-25)26-9-5-2-6-10-26/h1-14,23,37H,15-22H2,(H,33,38). The number of hydrogen-bond donors (Lipinski definition) is 2. The number of rotatable bonds is 9. The van der Waals surface area contributed by atoms with E-state index in [4.69, 9.17) is 11.6 Å². The van der Waals surface area contributed by atoms with Gasteiger partial charge < -0.3 is 15.0 Å². The molecular formula is C31H33ClN4O2. The highest BCUT2D eigenvalue weighted by molar-refractivity contribution is 6.30. The molecule has 1 aliphatic heterocycles. The zero-order valence-electron chi connectivity index (χ0n) is 21.4. The average Bonchev–Trinajstić information content (AvgIpc) is 3.36. The number of nitrogens with zero attached hydrogens (tertiary/aromatic N) is 3. The molecule has 38 heavy (non-hydrogen) atoms. The summed E-state index contributed by atoms with van der Waals surface area (Å²) in [6.45, 7) is 2.98. The summed E-state index contributed by atoms with van der Waals surface area (Å²) in [4.78, 5) is 20.2. The lowest BCUT2D eigenvalue weighted by Gasteiger charge is -2.43. The van der Waals surface area contributed by atoms with Crippen LogP contribution in [0.4, 0.5) is 0 Å². The fourth-order valence-electron chi connectivity index (χ4n) is 5.52. The third kappa shape index (κ3) is 5.68. The Bertz CT molecular complexity index is 1290. The lowest BCUT2D eigenvalue weighted by atomic mass is 9.68. The molecule has 0 aliphatic carbocycles. The molecular weight excluding hydrogens is 496 g/mol. The minimum Gasteiger partial charge on any atom is -0.395 e. The van der Waals surface area contributed by atoms with Gasteiger partial charge in [-0.15, -0.1) is 0 Å². The van der Waals surface area contributed by atoms with E-state index in [1.54, 1.807) is 6.33 Å². The summed E-state index contributed by atoms with van der Waals surface area (Å²) in [6, 6.07) is 29.2. The predicted octanol–water partition coefficient (Wildman–Crippen LogP) is 4.89. The molecule has 0 saturated carbocycles. The maximum atomic E-state index is 13.1. The summed E-state index contributed by atoms with van der Waals surface area (Å²) >= 11 is 6.05. The summed E-state index contributed by atoms with van der Waals surface area (Å²) in [5, 5.41) is 12.7. The number of carbonyl (C=O) groups is 1. The fraction of sp³-hybridized carbons (Fsp3) is 0.290. The number of aromatic nitrogens is 2. The second kappa shape index (κ2) is 11.9. The molecule has 1 saturated heterocycles. The smallest absolute Gasteiger partial charge is 0.269 e. The number of benzene rings is 3. The third-order valence-electron chi connectivity index (χ3n) is 7.53. The summed E-state index contributed by atoms with van der Waals surface area (Å²) in [7, 11) is 0. The van der Waals surface area contributed by atoms with E-state index in [1.807, 2.05) is 28.8 Å². The molecule has 0 bridgehead atoms. The number of nitrogens with one attached hydrogen (secondary N) is 1. The molecule has 4 aromatic rings. The van der Waals surface area contributed by atoms with Crippen LogP contribution in [0, 0.1) is 0 Å². The van der Waals surface area contributed by atoms with Crippen molar-refractivity contribution in [1.29, 1.82) is 0 Å². The van der Waals surface area contributed by atoms with Crippen LogP contribution in [0.15, 0.2) is 91.3 Å². The number of amides is 1. The molecule has 0 radical (unpaired) electrons. The van der Waals surface area contributed by atoms with Gasteiger partial charge in [-0.25, -0.2) is 4.98 Å². The van der Waals surface area contributed by atoms with E-state index in [-0.39, 0.29) is 24.5 Å². The SMILES string of the molecule is O=C(NCCO)c1c(CN2CCC(c3ccccc3)(c3ccccc3)CC2)ncn1Cc1ccc(Cl)cc1. The monoisotopic (exact) mass is 528 g/mol. The number of carbonyl (C=O) groups excluding carboxylic acids is 1. The number of piperidine rings is 1. The van der Waals surface area contributed by atoms with E-state index in [0.29, 0.717) is 23.8 Å². The van der Waals surface area contributed by atoms with E-state index in [2.05, 4.69) is 75.9 Å². The average molecular weight is 529 g/mol. The van der Waals surface area contributed by atoms with E-state index in [0.717, 1.165) is 37.2 Å². The third-order valence-corrected chi connectivity index (χ3v) is 7.78. The first-order valence-electron chi connectivity index (χ1n) is 13.1. The molecule has 1 fully saturated rings. The molecule has 7 heteroatoms. The van der Waals surface area contributed by atoms with Crippen molar-refractivity contribution < 1.29 is 9.90 Å². The topological polar surface area (TPSA) is 70.4 Å². The van der Waals surface area contributed by atoms with Gasteiger partial charge in [0.1, 0.15) is 5.69 Å². The Labute approximate surface area is 228 Å². The van der Waals surface area contributed by atoms with Crippen molar-refractivity contribution in [3.8, 4) is 0 Å². The zero-order chi connectivity index (χ0) is 26.4. The van der Waals surface area contributed by atoms with Crippen LogP contribution in [0.1, 0.15) is 45.7 Å². The van der Waals surface area contributed by atoms with Gasteiger partial charge in [-0.3, -0.25) is 9.69 Å². The maximum absolute atomic E-state index is 13.1. The van der Waals surface area contributed by atoms with Crippen LogP contribution in [-0.2, 0) is 18.5 Å². The second-order valence-corrected chi connectivity index (χ2v) is 10.3. The lowest BCUT2D eigenvalue weighted by molar-refractivity contribution is 0.0932. The van der Waals surface area contributed by atoms with E-state index < -0.39 is 0 Å². The Hall–Kier alpha value is -3.45. The molecule has 0 spiro atoms. The van der Waals surface area contributed by atoms with Crippen molar-refractivity contribution >= 4 is 17.5 Å². The van der Waals surface area contributed by atoms with Crippen molar-refractivity contribution in [2.24, 2.45) is 0 Å².